The smallest absolute Gasteiger partial charge is 0.488 e. The maximum Gasteiger partial charge on any atom is 0.488 e. The average Bonchev–Trinajstić information content (AvgIpc) is 2.58. The third kappa shape index (κ3) is 6.86. The lowest BCUT2D eigenvalue weighted by Crippen LogP contribution is -2.50. The molecule has 1 aliphatic rings. The SMILES string of the molecule is CC(C)(C)OC(=O)N1CCN(CCCOc2cccc(B(O)O)c2)CC1. The fourth-order valence-electron chi connectivity index (χ4n) is 2.72. The number of rotatable bonds is 6. The Morgan fingerprint density at radius 1 is 1.19 bits per heavy atom. The number of carbonyl (C=O) groups excluding carboxylic acids is 1. The standard InChI is InChI=1S/C18H29BN2O5/c1-18(2,3)26-17(22)21-11-9-20(10-12-21)8-5-13-25-16-7-4-6-15(14-16)19(23)24/h4,6-7,14,23-24H,5,8-13H2,1-3H3. The van der Waals surface area contributed by atoms with Crippen molar-refractivity contribution < 1.29 is 24.3 Å². The number of ether oxygens (including phenoxy) is 2. The first-order valence-corrected chi connectivity index (χ1v) is 9.04. The second-order valence-electron chi connectivity index (χ2n) is 7.46. The molecule has 0 saturated carbocycles. The van der Waals surface area contributed by atoms with Gasteiger partial charge in [0.05, 0.1) is 6.61 Å². The molecule has 1 amide bonds. The topological polar surface area (TPSA) is 82.5 Å². The Kier molecular flexibility index (Phi) is 7.31. The molecule has 0 unspecified atom stereocenters. The third-order valence-electron chi connectivity index (χ3n) is 4.07. The van der Waals surface area contributed by atoms with Crippen LogP contribution in [0.5, 0.6) is 5.75 Å². The van der Waals surface area contributed by atoms with Crippen LogP contribution >= 0.6 is 0 Å². The van der Waals surface area contributed by atoms with Crippen molar-refractivity contribution in [2.75, 3.05) is 39.3 Å². The summed E-state index contributed by atoms with van der Waals surface area (Å²) < 4.78 is 11.1. The van der Waals surface area contributed by atoms with E-state index in [0.29, 0.717) is 30.9 Å². The van der Waals surface area contributed by atoms with Gasteiger partial charge in [-0.2, -0.15) is 0 Å². The predicted octanol–water partition coefficient (Wildman–Crippen LogP) is 0.688. The van der Waals surface area contributed by atoms with Crippen molar-refractivity contribution in [1.29, 1.82) is 0 Å². The molecule has 0 spiro atoms. The van der Waals surface area contributed by atoms with Crippen LogP contribution in [0.1, 0.15) is 27.2 Å². The number of amides is 1. The van der Waals surface area contributed by atoms with E-state index >= 15 is 0 Å². The summed E-state index contributed by atoms with van der Waals surface area (Å²) in [6.45, 7) is 10.1. The summed E-state index contributed by atoms with van der Waals surface area (Å²) in [4.78, 5) is 16.1. The van der Waals surface area contributed by atoms with E-state index in [4.69, 9.17) is 19.5 Å². The first-order chi connectivity index (χ1) is 12.2. The summed E-state index contributed by atoms with van der Waals surface area (Å²) in [5.74, 6) is 0.630. The molecule has 7 nitrogen and oxygen atoms in total. The van der Waals surface area contributed by atoms with E-state index in [9.17, 15) is 4.79 Å². The predicted molar refractivity (Wildman–Crippen MR) is 101 cm³/mol. The van der Waals surface area contributed by atoms with Gasteiger partial charge >= 0.3 is 13.2 Å². The molecular formula is C18H29BN2O5. The van der Waals surface area contributed by atoms with Gasteiger partial charge in [-0.05, 0) is 44.8 Å². The molecule has 0 aromatic heterocycles. The van der Waals surface area contributed by atoms with Crippen molar-refractivity contribution in [3.63, 3.8) is 0 Å². The van der Waals surface area contributed by atoms with Crippen LogP contribution in [0, 0.1) is 0 Å². The van der Waals surface area contributed by atoms with Crippen LogP contribution in [0.3, 0.4) is 0 Å². The van der Waals surface area contributed by atoms with Crippen LogP contribution in [-0.2, 0) is 4.74 Å². The van der Waals surface area contributed by atoms with Gasteiger partial charge in [-0.25, -0.2) is 4.79 Å². The maximum absolute atomic E-state index is 12.0. The number of hydrogen-bond acceptors (Lipinski definition) is 6. The quantitative estimate of drug-likeness (QED) is 0.571. The summed E-state index contributed by atoms with van der Waals surface area (Å²) in [6, 6.07) is 6.80. The number of benzene rings is 1. The van der Waals surface area contributed by atoms with Crippen LogP contribution in [-0.4, -0.2) is 78.0 Å². The van der Waals surface area contributed by atoms with E-state index in [1.807, 2.05) is 20.8 Å². The normalized spacial score (nSPS) is 15.7. The Labute approximate surface area is 155 Å². The first kappa shape index (κ1) is 20.5. The van der Waals surface area contributed by atoms with Gasteiger partial charge < -0.3 is 24.4 Å². The van der Waals surface area contributed by atoms with Crippen molar-refractivity contribution in [2.45, 2.75) is 32.8 Å². The number of carbonyl (C=O) groups is 1. The maximum atomic E-state index is 12.0. The molecule has 0 radical (unpaired) electrons. The van der Waals surface area contributed by atoms with Gasteiger partial charge in [0.2, 0.25) is 0 Å². The molecule has 0 bridgehead atoms. The lowest BCUT2D eigenvalue weighted by atomic mass is 9.80. The van der Waals surface area contributed by atoms with Crippen molar-refractivity contribution in [1.82, 2.24) is 9.80 Å². The summed E-state index contributed by atoms with van der Waals surface area (Å²) >= 11 is 0. The second-order valence-corrected chi connectivity index (χ2v) is 7.46. The molecule has 26 heavy (non-hydrogen) atoms. The van der Waals surface area contributed by atoms with Crippen molar-refractivity contribution >= 4 is 18.7 Å². The molecule has 8 heteroatoms. The lowest BCUT2D eigenvalue weighted by Gasteiger charge is -2.35. The molecule has 1 aromatic carbocycles. The highest BCUT2D eigenvalue weighted by Gasteiger charge is 2.25. The van der Waals surface area contributed by atoms with E-state index in [0.717, 1.165) is 26.1 Å². The minimum Gasteiger partial charge on any atom is -0.494 e. The average molecular weight is 364 g/mol. The molecule has 144 valence electrons. The fourth-order valence-corrected chi connectivity index (χ4v) is 2.72. The van der Waals surface area contributed by atoms with Crippen LogP contribution in [0.25, 0.3) is 0 Å². The van der Waals surface area contributed by atoms with Gasteiger partial charge in [0, 0.05) is 32.7 Å². The minimum atomic E-state index is -1.49. The monoisotopic (exact) mass is 364 g/mol. The van der Waals surface area contributed by atoms with Gasteiger partial charge in [0.1, 0.15) is 11.4 Å². The summed E-state index contributed by atoms with van der Waals surface area (Å²) in [5, 5.41) is 18.3. The number of piperazine rings is 1. The highest BCUT2D eigenvalue weighted by atomic mass is 16.6. The molecule has 1 aromatic rings. The number of hydrogen-bond donors (Lipinski definition) is 2. The zero-order valence-electron chi connectivity index (χ0n) is 15.9. The summed E-state index contributed by atoms with van der Waals surface area (Å²) in [7, 11) is -1.49. The van der Waals surface area contributed by atoms with E-state index in [2.05, 4.69) is 4.90 Å². The van der Waals surface area contributed by atoms with Gasteiger partial charge in [-0.1, -0.05) is 12.1 Å². The third-order valence-corrected chi connectivity index (χ3v) is 4.07. The molecule has 2 rings (SSSR count). The molecule has 1 aliphatic heterocycles. The zero-order valence-corrected chi connectivity index (χ0v) is 15.9. The fraction of sp³-hybridized carbons (Fsp3) is 0.611. The van der Waals surface area contributed by atoms with Crippen molar-refractivity contribution in [3.8, 4) is 5.75 Å². The summed E-state index contributed by atoms with van der Waals surface area (Å²) in [5.41, 5.74) is -0.0460. The Balaban J connectivity index is 1.65. The van der Waals surface area contributed by atoms with E-state index < -0.39 is 12.7 Å². The zero-order chi connectivity index (χ0) is 19.2. The minimum absolute atomic E-state index is 0.244. The molecule has 0 atom stereocenters. The highest BCUT2D eigenvalue weighted by Crippen LogP contribution is 2.12. The largest absolute Gasteiger partial charge is 0.494 e. The molecule has 0 aliphatic carbocycles. The van der Waals surface area contributed by atoms with Crippen LogP contribution in [0.4, 0.5) is 4.79 Å². The van der Waals surface area contributed by atoms with Crippen LogP contribution in [0.15, 0.2) is 24.3 Å². The van der Waals surface area contributed by atoms with Gasteiger partial charge in [-0.3, -0.25) is 4.90 Å². The Hall–Kier alpha value is -1.77. The van der Waals surface area contributed by atoms with Crippen molar-refractivity contribution in [2.24, 2.45) is 0 Å². The highest BCUT2D eigenvalue weighted by molar-refractivity contribution is 6.58. The first-order valence-electron chi connectivity index (χ1n) is 9.04. The van der Waals surface area contributed by atoms with Gasteiger partial charge in [0.25, 0.3) is 0 Å². The van der Waals surface area contributed by atoms with E-state index in [1.54, 1.807) is 29.2 Å². The Morgan fingerprint density at radius 2 is 1.88 bits per heavy atom. The van der Waals surface area contributed by atoms with E-state index in [-0.39, 0.29) is 6.09 Å². The van der Waals surface area contributed by atoms with E-state index in [1.165, 1.54) is 0 Å². The van der Waals surface area contributed by atoms with Gasteiger partial charge in [0.15, 0.2) is 0 Å². The Morgan fingerprint density at radius 3 is 2.50 bits per heavy atom. The van der Waals surface area contributed by atoms with Crippen molar-refractivity contribution in [3.05, 3.63) is 24.3 Å². The van der Waals surface area contributed by atoms with Gasteiger partial charge in [-0.15, -0.1) is 0 Å². The molecule has 1 heterocycles. The summed E-state index contributed by atoms with van der Waals surface area (Å²) in [6.07, 6.45) is 0.615. The second kappa shape index (κ2) is 9.25. The lowest BCUT2D eigenvalue weighted by molar-refractivity contribution is 0.0142. The molecular weight excluding hydrogens is 335 g/mol. The molecule has 2 N–H and O–H groups in total. The Bertz CT molecular complexity index is 583. The van der Waals surface area contributed by atoms with Crippen LogP contribution < -0.4 is 10.2 Å². The number of nitrogens with zero attached hydrogens (tertiary/aromatic N) is 2. The molecule has 1 fully saturated rings. The molecule has 1 saturated heterocycles. The van der Waals surface area contributed by atoms with Crippen LogP contribution in [0.2, 0.25) is 0 Å².